The molecule has 0 bridgehead atoms. The van der Waals surface area contributed by atoms with E-state index in [4.69, 9.17) is 34.8 Å². The van der Waals surface area contributed by atoms with Gasteiger partial charge in [0.2, 0.25) is 0 Å². The second-order valence-corrected chi connectivity index (χ2v) is 8.23. The summed E-state index contributed by atoms with van der Waals surface area (Å²) in [5.74, 6) is 1.73. The highest BCUT2D eigenvalue weighted by Crippen LogP contribution is 2.20. The topological polar surface area (TPSA) is 51.6 Å². The normalized spacial score (nSPS) is 9.68. The van der Waals surface area contributed by atoms with E-state index in [1.54, 1.807) is 24.2 Å². The van der Waals surface area contributed by atoms with Gasteiger partial charge in [0.15, 0.2) is 0 Å². The number of rotatable bonds is 4. The van der Waals surface area contributed by atoms with Crippen molar-refractivity contribution >= 4 is 59.2 Å². The van der Waals surface area contributed by atoms with Crippen LogP contribution in [0.4, 0.5) is 0 Å². The molecule has 0 saturated heterocycles. The zero-order chi connectivity index (χ0) is 22.3. The molecule has 0 N–H and O–H groups in total. The number of halogens is 3. The zero-order valence-corrected chi connectivity index (χ0v) is 20.3. The molecule has 4 aromatic rings. The summed E-state index contributed by atoms with van der Waals surface area (Å²) < 4.78 is 0. The molecule has 9 heteroatoms. The molecule has 0 spiro atoms. The molecule has 0 fully saturated rings. The molecule has 0 unspecified atom stereocenters. The second kappa shape index (κ2) is 15.1. The van der Waals surface area contributed by atoms with Gasteiger partial charge in [0.05, 0.1) is 24.8 Å². The first kappa shape index (κ1) is 25.4. The Kier molecular flexibility index (Phi) is 12.3. The Hall–Kier alpha value is -1.83. The van der Waals surface area contributed by atoms with E-state index in [0.29, 0.717) is 15.5 Å². The van der Waals surface area contributed by atoms with Crippen molar-refractivity contribution in [1.82, 2.24) is 19.9 Å². The fraction of sp³-hybridized carbons (Fsp3) is 0.0909. The first-order chi connectivity index (χ1) is 15.1. The van der Waals surface area contributed by atoms with Gasteiger partial charge in [-0.05, 0) is 11.1 Å². The van der Waals surface area contributed by atoms with Gasteiger partial charge in [-0.1, -0.05) is 95.5 Å². The van der Waals surface area contributed by atoms with Crippen molar-refractivity contribution in [2.45, 2.75) is 16.5 Å². The van der Waals surface area contributed by atoms with Crippen LogP contribution in [0.15, 0.2) is 90.5 Å². The predicted molar refractivity (Wildman–Crippen MR) is 134 cm³/mol. The van der Waals surface area contributed by atoms with Gasteiger partial charge in [-0.2, -0.15) is 12.6 Å². The van der Waals surface area contributed by atoms with Crippen LogP contribution in [0.3, 0.4) is 0 Å². The molecule has 0 radical (unpaired) electrons. The van der Waals surface area contributed by atoms with Crippen LogP contribution in [0.1, 0.15) is 11.1 Å². The standard InChI is InChI=1S/C11H9ClN2S.C7H8S.C4H2Cl2N2/c12-10-6-14-11(7-13-10)15-8-9-4-2-1-3-5-9;8-6-7-4-2-1-3-5-7;5-3-1-7-4(6)2-8-3/h1-7H,8H2;1-5,8H,6H2;1-2H. The average molecular weight is 510 g/mol. The highest BCUT2D eigenvalue weighted by molar-refractivity contribution is 7.98. The van der Waals surface area contributed by atoms with E-state index in [9.17, 15) is 0 Å². The lowest BCUT2D eigenvalue weighted by molar-refractivity contribution is 1.05. The van der Waals surface area contributed by atoms with Crippen LogP contribution in [-0.4, -0.2) is 19.9 Å². The van der Waals surface area contributed by atoms with Gasteiger partial charge in [-0.15, -0.1) is 11.8 Å². The molecule has 31 heavy (non-hydrogen) atoms. The van der Waals surface area contributed by atoms with Crippen LogP contribution in [0.2, 0.25) is 15.5 Å². The summed E-state index contributed by atoms with van der Waals surface area (Å²) in [7, 11) is 0. The van der Waals surface area contributed by atoms with Crippen LogP contribution in [0.25, 0.3) is 0 Å². The van der Waals surface area contributed by atoms with Gasteiger partial charge in [-0.3, -0.25) is 0 Å². The Bertz CT molecular complexity index is 970. The third-order valence-corrected chi connectivity index (χ3v) is 5.38. The van der Waals surface area contributed by atoms with E-state index in [0.717, 1.165) is 16.5 Å². The van der Waals surface area contributed by atoms with Crippen LogP contribution in [0.5, 0.6) is 0 Å². The van der Waals surface area contributed by atoms with Crippen molar-refractivity contribution in [2.75, 3.05) is 0 Å². The Morgan fingerprint density at radius 1 is 0.613 bits per heavy atom. The largest absolute Gasteiger partial charge is 0.245 e. The maximum Gasteiger partial charge on any atom is 0.147 e. The Morgan fingerprint density at radius 2 is 1.06 bits per heavy atom. The zero-order valence-electron chi connectivity index (χ0n) is 16.3. The SMILES string of the molecule is Clc1cnc(Cl)cn1.Clc1cnc(SCc2ccccc2)cn1.SCc1ccccc1. The molecular weight excluding hydrogens is 491 g/mol. The van der Waals surface area contributed by atoms with Gasteiger partial charge in [0, 0.05) is 11.5 Å². The summed E-state index contributed by atoms with van der Waals surface area (Å²) in [4.78, 5) is 15.4. The third kappa shape index (κ3) is 11.4. The van der Waals surface area contributed by atoms with Crippen LogP contribution < -0.4 is 0 Å². The van der Waals surface area contributed by atoms with Crippen LogP contribution in [0, 0.1) is 0 Å². The summed E-state index contributed by atoms with van der Waals surface area (Å²) >= 11 is 22.2. The highest BCUT2D eigenvalue weighted by Gasteiger charge is 1.97. The lowest BCUT2D eigenvalue weighted by Crippen LogP contribution is -1.84. The summed E-state index contributed by atoms with van der Waals surface area (Å²) in [5.41, 5.74) is 2.55. The first-order valence-electron chi connectivity index (χ1n) is 8.99. The molecule has 4 rings (SSSR count). The van der Waals surface area contributed by atoms with Crippen LogP contribution in [-0.2, 0) is 11.5 Å². The maximum atomic E-state index is 5.65. The van der Waals surface area contributed by atoms with E-state index in [1.165, 1.54) is 23.5 Å². The minimum atomic E-state index is 0.356. The summed E-state index contributed by atoms with van der Waals surface area (Å²) in [6, 6.07) is 20.4. The quantitative estimate of drug-likeness (QED) is 0.231. The van der Waals surface area contributed by atoms with Gasteiger partial charge in [0.25, 0.3) is 0 Å². The van der Waals surface area contributed by atoms with Gasteiger partial charge >= 0.3 is 0 Å². The smallest absolute Gasteiger partial charge is 0.147 e. The monoisotopic (exact) mass is 508 g/mol. The van der Waals surface area contributed by atoms with Crippen molar-refractivity contribution in [3.63, 3.8) is 0 Å². The molecule has 2 heterocycles. The number of hydrogen-bond donors (Lipinski definition) is 1. The van der Waals surface area contributed by atoms with E-state index in [1.807, 2.05) is 36.4 Å². The fourth-order valence-electron chi connectivity index (χ4n) is 1.99. The molecule has 4 nitrogen and oxygen atoms in total. The third-order valence-electron chi connectivity index (χ3n) is 3.44. The lowest BCUT2D eigenvalue weighted by atomic mass is 10.2. The molecule has 0 atom stereocenters. The van der Waals surface area contributed by atoms with Crippen molar-refractivity contribution < 1.29 is 0 Å². The second-order valence-electron chi connectivity index (χ2n) is 5.76. The Morgan fingerprint density at radius 3 is 1.45 bits per heavy atom. The number of thiol groups is 1. The van der Waals surface area contributed by atoms with E-state index in [-0.39, 0.29) is 0 Å². The van der Waals surface area contributed by atoms with Gasteiger partial charge in [-0.25, -0.2) is 19.9 Å². The molecule has 160 valence electrons. The molecule has 0 aliphatic rings. The van der Waals surface area contributed by atoms with Crippen molar-refractivity contribution in [2.24, 2.45) is 0 Å². The number of aromatic nitrogens is 4. The van der Waals surface area contributed by atoms with E-state index >= 15 is 0 Å². The Labute approximate surface area is 206 Å². The molecule has 0 aliphatic heterocycles. The molecule has 2 aromatic heterocycles. The van der Waals surface area contributed by atoms with Crippen molar-refractivity contribution in [3.8, 4) is 0 Å². The van der Waals surface area contributed by atoms with Crippen molar-refractivity contribution in [3.05, 3.63) is 112 Å². The number of hydrogen-bond acceptors (Lipinski definition) is 6. The maximum absolute atomic E-state index is 5.65. The predicted octanol–water partition coefficient (Wildman–Crippen LogP) is 7.32. The minimum absolute atomic E-state index is 0.356. The minimum Gasteiger partial charge on any atom is -0.245 e. The fourth-order valence-corrected chi connectivity index (χ4v) is 3.25. The van der Waals surface area contributed by atoms with Gasteiger partial charge < -0.3 is 0 Å². The number of benzene rings is 2. The molecular formula is C22H19Cl3N4S2. The van der Waals surface area contributed by atoms with E-state index in [2.05, 4.69) is 56.8 Å². The molecule has 0 saturated carbocycles. The summed E-state index contributed by atoms with van der Waals surface area (Å²) in [6.45, 7) is 0. The van der Waals surface area contributed by atoms with Gasteiger partial charge in [0.1, 0.15) is 20.5 Å². The van der Waals surface area contributed by atoms with E-state index < -0.39 is 0 Å². The first-order valence-corrected chi connectivity index (χ1v) is 11.7. The molecule has 0 aliphatic carbocycles. The average Bonchev–Trinajstić information content (AvgIpc) is 2.83. The van der Waals surface area contributed by atoms with Crippen molar-refractivity contribution in [1.29, 1.82) is 0 Å². The summed E-state index contributed by atoms with van der Waals surface area (Å²) in [5, 5.41) is 2.03. The summed E-state index contributed by atoms with van der Waals surface area (Å²) in [6.07, 6.45) is 6.04. The lowest BCUT2D eigenvalue weighted by Gasteiger charge is -2.00. The Balaban J connectivity index is 0.000000181. The number of nitrogens with zero attached hydrogens (tertiary/aromatic N) is 4. The molecule has 0 amide bonds. The highest BCUT2D eigenvalue weighted by atomic mass is 35.5. The molecule has 2 aromatic carbocycles. The van der Waals surface area contributed by atoms with Crippen LogP contribution >= 0.6 is 59.2 Å². The number of thioether (sulfide) groups is 1.